The molecular weight excluding hydrogens is 420 g/mol. The molecule has 0 saturated carbocycles. The monoisotopic (exact) mass is 446 g/mol. The summed E-state index contributed by atoms with van der Waals surface area (Å²) in [6, 6.07) is 9.92. The van der Waals surface area contributed by atoms with E-state index in [4.69, 9.17) is 18.9 Å². The summed E-state index contributed by atoms with van der Waals surface area (Å²) in [4.78, 5) is 36.2. The number of anilines is 1. The molecule has 172 valence electrons. The molecule has 2 rings (SSSR count). The zero-order valence-corrected chi connectivity index (χ0v) is 18.2. The van der Waals surface area contributed by atoms with Crippen molar-refractivity contribution in [2.24, 2.45) is 0 Å². The minimum absolute atomic E-state index is 0.0651. The summed E-state index contributed by atoms with van der Waals surface area (Å²) < 4.78 is 20.7. The van der Waals surface area contributed by atoms with E-state index in [9.17, 15) is 14.4 Å². The van der Waals surface area contributed by atoms with Crippen LogP contribution >= 0.6 is 0 Å². The summed E-state index contributed by atoms with van der Waals surface area (Å²) in [5.74, 6) is 0.0351. The number of carbonyl (C=O) groups excluding carboxylic acids is 3. The predicted octanol–water partition coefficient (Wildman–Crippen LogP) is 0.710. The number of carbonyl (C=O) groups is 3. The maximum atomic E-state index is 12.4. The third kappa shape index (κ3) is 6.69. The van der Waals surface area contributed by atoms with Crippen molar-refractivity contribution in [3.8, 4) is 23.0 Å². The Morgan fingerprint density at radius 2 is 1.31 bits per heavy atom. The Morgan fingerprint density at radius 1 is 0.750 bits per heavy atom. The highest BCUT2D eigenvalue weighted by Gasteiger charge is 2.17. The van der Waals surface area contributed by atoms with Crippen molar-refractivity contribution in [1.29, 1.82) is 0 Å². The number of amides is 3. The number of nitrogens with one attached hydrogen (secondary N) is 4. The first-order chi connectivity index (χ1) is 15.4. The first-order valence-electron chi connectivity index (χ1n) is 9.45. The van der Waals surface area contributed by atoms with Crippen molar-refractivity contribution >= 4 is 23.4 Å². The lowest BCUT2D eigenvalue weighted by Gasteiger charge is -2.14. The first-order valence-corrected chi connectivity index (χ1v) is 9.45. The Labute approximate surface area is 185 Å². The summed E-state index contributed by atoms with van der Waals surface area (Å²) in [5.41, 5.74) is 5.40. The largest absolute Gasteiger partial charge is 0.497 e. The second-order valence-corrected chi connectivity index (χ2v) is 6.28. The van der Waals surface area contributed by atoms with Gasteiger partial charge >= 0.3 is 0 Å². The SMILES string of the molecule is COc1ccc(NCC(=O)NNC(=O)CNC(=O)c2cc(OC)c(OC)c(OC)c2)cc1. The molecule has 2 aromatic carbocycles. The van der Waals surface area contributed by atoms with E-state index in [0.29, 0.717) is 28.7 Å². The molecule has 0 fully saturated rings. The van der Waals surface area contributed by atoms with E-state index in [-0.39, 0.29) is 18.7 Å². The van der Waals surface area contributed by atoms with Crippen molar-refractivity contribution in [3.63, 3.8) is 0 Å². The number of rotatable bonds is 10. The Hall–Kier alpha value is -4.15. The standard InChI is InChI=1S/C21H26N4O7/c1-29-15-7-5-14(6-8-15)22-11-18(26)24-25-19(27)12-23-21(28)13-9-16(30-2)20(32-4)17(10-13)31-3/h5-10,22H,11-12H2,1-4H3,(H,23,28)(H,24,26)(H,25,27). The summed E-state index contributed by atoms with van der Waals surface area (Å²) in [7, 11) is 5.87. The first kappa shape index (κ1) is 24.1. The van der Waals surface area contributed by atoms with Gasteiger partial charge in [-0.1, -0.05) is 0 Å². The smallest absolute Gasteiger partial charge is 0.257 e. The predicted molar refractivity (Wildman–Crippen MR) is 116 cm³/mol. The van der Waals surface area contributed by atoms with Crippen molar-refractivity contribution in [2.45, 2.75) is 0 Å². The lowest BCUT2D eigenvalue weighted by atomic mass is 10.1. The van der Waals surface area contributed by atoms with Gasteiger partial charge in [-0.2, -0.15) is 0 Å². The number of methoxy groups -OCH3 is 4. The van der Waals surface area contributed by atoms with Crippen LogP contribution in [-0.2, 0) is 9.59 Å². The minimum Gasteiger partial charge on any atom is -0.497 e. The fourth-order valence-corrected chi connectivity index (χ4v) is 2.59. The average molecular weight is 446 g/mol. The molecule has 3 amide bonds. The van der Waals surface area contributed by atoms with Crippen LogP contribution < -0.4 is 40.4 Å². The third-order valence-electron chi connectivity index (χ3n) is 4.22. The molecule has 0 spiro atoms. The molecule has 32 heavy (non-hydrogen) atoms. The van der Waals surface area contributed by atoms with Crippen molar-refractivity contribution in [1.82, 2.24) is 16.2 Å². The van der Waals surface area contributed by atoms with Crippen LogP contribution in [0.3, 0.4) is 0 Å². The Bertz CT molecular complexity index is 923. The highest BCUT2D eigenvalue weighted by Crippen LogP contribution is 2.38. The van der Waals surface area contributed by atoms with Crippen LogP contribution in [0.1, 0.15) is 10.4 Å². The van der Waals surface area contributed by atoms with Crippen LogP contribution in [0.5, 0.6) is 23.0 Å². The highest BCUT2D eigenvalue weighted by atomic mass is 16.5. The molecule has 0 bridgehead atoms. The maximum absolute atomic E-state index is 12.4. The zero-order valence-electron chi connectivity index (χ0n) is 18.2. The van der Waals surface area contributed by atoms with E-state index in [2.05, 4.69) is 21.5 Å². The van der Waals surface area contributed by atoms with Gasteiger partial charge in [-0.15, -0.1) is 0 Å². The second kappa shape index (κ2) is 11.9. The molecule has 2 aromatic rings. The van der Waals surface area contributed by atoms with E-state index in [0.717, 1.165) is 0 Å². The normalized spacial score (nSPS) is 9.88. The molecule has 0 aliphatic rings. The molecular formula is C21H26N4O7. The van der Waals surface area contributed by atoms with Gasteiger partial charge in [0, 0.05) is 11.3 Å². The van der Waals surface area contributed by atoms with Gasteiger partial charge in [0.25, 0.3) is 17.7 Å². The summed E-state index contributed by atoms with van der Waals surface area (Å²) in [6.07, 6.45) is 0. The zero-order chi connectivity index (χ0) is 23.5. The van der Waals surface area contributed by atoms with Crippen LogP contribution in [0.2, 0.25) is 0 Å². The Kier molecular flexibility index (Phi) is 8.96. The van der Waals surface area contributed by atoms with Gasteiger partial charge in [-0.25, -0.2) is 0 Å². The molecule has 0 aliphatic heterocycles. The number of benzene rings is 2. The molecule has 4 N–H and O–H groups in total. The van der Waals surface area contributed by atoms with Crippen LogP contribution in [-0.4, -0.2) is 59.3 Å². The van der Waals surface area contributed by atoms with Crippen molar-refractivity contribution in [3.05, 3.63) is 42.0 Å². The Balaban J connectivity index is 1.79. The third-order valence-corrected chi connectivity index (χ3v) is 4.22. The van der Waals surface area contributed by atoms with Gasteiger partial charge in [0.15, 0.2) is 11.5 Å². The van der Waals surface area contributed by atoms with Crippen molar-refractivity contribution < 1.29 is 33.3 Å². The highest BCUT2D eigenvalue weighted by molar-refractivity contribution is 5.97. The number of hydrazine groups is 1. The average Bonchev–Trinajstić information content (AvgIpc) is 2.83. The molecule has 0 atom stereocenters. The lowest BCUT2D eigenvalue weighted by molar-refractivity contribution is -0.127. The van der Waals surface area contributed by atoms with E-state index >= 15 is 0 Å². The van der Waals surface area contributed by atoms with Gasteiger partial charge in [-0.3, -0.25) is 25.2 Å². The molecule has 0 radical (unpaired) electrons. The van der Waals surface area contributed by atoms with Crippen LogP contribution in [0.25, 0.3) is 0 Å². The van der Waals surface area contributed by atoms with E-state index in [1.54, 1.807) is 31.4 Å². The molecule has 0 unspecified atom stereocenters. The molecule has 0 aliphatic carbocycles. The van der Waals surface area contributed by atoms with E-state index in [1.165, 1.54) is 33.5 Å². The number of ether oxygens (including phenoxy) is 4. The second-order valence-electron chi connectivity index (χ2n) is 6.28. The topological polar surface area (TPSA) is 136 Å². The molecule has 0 heterocycles. The van der Waals surface area contributed by atoms with Gasteiger partial charge in [-0.05, 0) is 36.4 Å². The summed E-state index contributed by atoms with van der Waals surface area (Å²) >= 11 is 0. The fourth-order valence-electron chi connectivity index (χ4n) is 2.59. The van der Waals surface area contributed by atoms with Crippen LogP contribution in [0, 0.1) is 0 Å². The maximum Gasteiger partial charge on any atom is 0.257 e. The lowest BCUT2D eigenvalue weighted by Crippen LogP contribution is -2.47. The van der Waals surface area contributed by atoms with Crippen molar-refractivity contribution in [2.75, 3.05) is 46.8 Å². The van der Waals surface area contributed by atoms with Crippen LogP contribution in [0.15, 0.2) is 36.4 Å². The molecule has 11 heteroatoms. The minimum atomic E-state index is -0.608. The fraction of sp³-hybridized carbons (Fsp3) is 0.286. The quantitative estimate of drug-likeness (QED) is 0.392. The van der Waals surface area contributed by atoms with Gasteiger partial charge < -0.3 is 29.6 Å². The van der Waals surface area contributed by atoms with Crippen LogP contribution in [0.4, 0.5) is 5.69 Å². The van der Waals surface area contributed by atoms with Gasteiger partial charge in [0.1, 0.15) is 5.75 Å². The van der Waals surface area contributed by atoms with E-state index in [1.807, 2.05) is 0 Å². The van der Waals surface area contributed by atoms with Gasteiger partial charge in [0.2, 0.25) is 5.75 Å². The molecule has 11 nitrogen and oxygen atoms in total. The van der Waals surface area contributed by atoms with E-state index < -0.39 is 17.7 Å². The number of hydrogen-bond donors (Lipinski definition) is 4. The Morgan fingerprint density at radius 3 is 1.81 bits per heavy atom. The summed E-state index contributed by atoms with van der Waals surface area (Å²) in [5, 5.41) is 5.35. The number of hydrogen-bond acceptors (Lipinski definition) is 8. The summed E-state index contributed by atoms with van der Waals surface area (Å²) in [6.45, 7) is -0.425. The molecule has 0 saturated heterocycles. The molecule has 0 aromatic heterocycles. The van der Waals surface area contributed by atoms with Gasteiger partial charge in [0.05, 0.1) is 41.5 Å².